The number of amides is 2. The Morgan fingerprint density at radius 1 is 0.818 bits per heavy atom. The number of ether oxygens (including phenoxy) is 2. The minimum absolute atomic E-state index is 0.154. The zero-order valence-electron chi connectivity index (χ0n) is 18.0. The summed E-state index contributed by atoms with van der Waals surface area (Å²) in [6.45, 7) is -0.496. The standard InChI is InChI=1S/C25H23ClN2O5/c1-32-18-13-10-17(11-14-18)12-15-23(29)27-21-8-4-2-6-19(21)25(31)33-16-24(30)28-22-9-5-3-7-20(22)26/h2-11,13-14H,12,15-16H2,1H3,(H,27,29)(H,28,30). The van der Waals surface area contributed by atoms with Crippen LogP contribution in [-0.4, -0.2) is 31.5 Å². The predicted octanol–water partition coefficient (Wildman–Crippen LogP) is 4.72. The first kappa shape index (κ1) is 23.8. The lowest BCUT2D eigenvalue weighted by Crippen LogP contribution is -2.22. The van der Waals surface area contributed by atoms with Crippen LogP contribution in [-0.2, 0) is 20.7 Å². The Kier molecular flexibility index (Phi) is 8.43. The van der Waals surface area contributed by atoms with Crippen LogP contribution in [0.4, 0.5) is 11.4 Å². The van der Waals surface area contributed by atoms with Gasteiger partial charge in [-0.3, -0.25) is 9.59 Å². The first-order valence-electron chi connectivity index (χ1n) is 10.2. The number of anilines is 2. The number of carbonyl (C=O) groups excluding carboxylic acids is 3. The molecule has 0 aliphatic heterocycles. The molecule has 0 aliphatic carbocycles. The van der Waals surface area contributed by atoms with Crippen molar-refractivity contribution >= 4 is 40.8 Å². The predicted molar refractivity (Wildman–Crippen MR) is 127 cm³/mol. The number of hydrogen-bond donors (Lipinski definition) is 2. The molecule has 0 atom stereocenters. The van der Waals surface area contributed by atoms with Crippen LogP contribution in [0.3, 0.4) is 0 Å². The van der Waals surface area contributed by atoms with E-state index in [2.05, 4.69) is 10.6 Å². The lowest BCUT2D eigenvalue weighted by Gasteiger charge is -2.11. The highest BCUT2D eigenvalue weighted by Gasteiger charge is 2.16. The molecule has 0 spiro atoms. The number of rotatable bonds is 9. The fourth-order valence-corrected chi connectivity index (χ4v) is 3.17. The molecule has 0 unspecified atom stereocenters. The van der Waals surface area contributed by atoms with Gasteiger partial charge >= 0.3 is 5.97 Å². The number of halogens is 1. The average molecular weight is 467 g/mol. The molecule has 2 amide bonds. The van der Waals surface area contributed by atoms with E-state index in [0.29, 0.717) is 22.8 Å². The summed E-state index contributed by atoms with van der Waals surface area (Å²) < 4.78 is 10.2. The molecule has 0 heterocycles. The Balaban J connectivity index is 1.54. The minimum atomic E-state index is -0.727. The molecule has 0 saturated heterocycles. The quantitative estimate of drug-likeness (QED) is 0.445. The molecule has 2 N–H and O–H groups in total. The van der Waals surface area contributed by atoms with Gasteiger partial charge in [-0.1, -0.05) is 48.0 Å². The van der Waals surface area contributed by atoms with Crippen LogP contribution >= 0.6 is 11.6 Å². The first-order chi connectivity index (χ1) is 16.0. The molecular weight excluding hydrogens is 444 g/mol. The van der Waals surface area contributed by atoms with Gasteiger partial charge < -0.3 is 20.1 Å². The fourth-order valence-electron chi connectivity index (χ4n) is 2.99. The Morgan fingerprint density at radius 3 is 2.15 bits per heavy atom. The van der Waals surface area contributed by atoms with Crippen molar-refractivity contribution in [2.45, 2.75) is 12.8 Å². The molecule has 3 aromatic rings. The first-order valence-corrected chi connectivity index (χ1v) is 10.6. The molecule has 0 saturated carbocycles. The molecule has 0 bridgehead atoms. The molecule has 3 aromatic carbocycles. The van der Waals surface area contributed by atoms with Crippen molar-refractivity contribution in [1.29, 1.82) is 0 Å². The summed E-state index contributed by atoms with van der Waals surface area (Å²) in [5.41, 5.74) is 1.88. The SMILES string of the molecule is COc1ccc(CCC(=O)Nc2ccccc2C(=O)OCC(=O)Nc2ccccc2Cl)cc1. The summed E-state index contributed by atoms with van der Waals surface area (Å²) in [6, 6.07) is 20.7. The highest BCUT2D eigenvalue weighted by Crippen LogP contribution is 2.21. The van der Waals surface area contributed by atoms with E-state index in [-0.39, 0.29) is 17.9 Å². The normalized spacial score (nSPS) is 10.2. The van der Waals surface area contributed by atoms with E-state index in [9.17, 15) is 14.4 Å². The number of carbonyl (C=O) groups is 3. The van der Waals surface area contributed by atoms with Crippen LogP contribution in [0.5, 0.6) is 5.75 Å². The molecule has 0 radical (unpaired) electrons. The van der Waals surface area contributed by atoms with Crippen LogP contribution < -0.4 is 15.4 Å². The van der Waals surface area contributed by atoms with Gasteiger partial charge in [-0.15, -0.1) is 0 Å². The van der Waals surface area contributed by atoms with Crippen molar-refractivity contribution in [2.75, 3.05) is 24.4 Å². The van der Waals surface area contributed by atoms with Crippen molar-refractivity contribution in [3.05, 3.63) is 88.9 Å². The van der Waals surface area contributed by atoms with Crippen molar-refractivity contribution in [3.63, 3.8) is 0 Å². The van der Waals surface area contributed by atoms with Gasteiger partial charge in [0.2, 0.25) is 5.91 Å². The van der Waals surface area contributed by atoms with Crippen molar-refractivity contribution in [2.24, 2.45) is 0 Å². The Hall–Kier alpha value is -3.84. The molecule has 0 fully saturated rings. The van der Waals surface area contributed by atoms with Gasteiger partial charge in [0.1, 0.15) is 5.75 Å². The van der Waals surface area contributed by atoms with Crippen molar-refractivity contribution in [1.82, 2.24) is 0 Å². The van der Waals surface area contributed by atoms with Gasteiger partial charge in [-0.2, -0.15) is 0 Å². The van der Waals surface area contributed by atoms with Crippen LogP contribution in [0.25, 0.3) is 0 Å². The van der Waals surface area contributed by atoms with Gasteiger partial charge in [0, 0.05) is 6.42 Å². The van der Waals surface area contributed by atoms with E-state index in [4.69, 9.17) is 21.1 Å². The van der Waals surface area contributed by atoms with E-state index in [1.54, 1.807) is 49.6 Å². The van der Waals surface area contributed by atoms with Crippen molar-refractivity contribution < 1.29 is 23.9 Å². The van der Waals surface area contributed by atoms with Crippen LogP contribution in [0.15, 0.2) is 72.8 Å². The van der Waals surface area contributed by atoms with Gasteiger partial charge in [0.25, 0.3) is 5.91 Å². The van der Waals surface area contributed by atoms with E-state index >= 15 is 0 Å². The highest BCUT2D eigenvalue weighted by molar-refractivity contribution is 6.33. The number of para-hydroxylation sites is 2. The second kappa shape index (κ2) is 11.7. The zero-order valence-corrected chi connectivity index (χ0v) is 18.7. The van der Waals surface area contributed by atoms with Gasteiger partial charge in [-0.05, 0) is 48.4 Å². The smallest absolute Gasteiger partial charge is 0.340 e. The van der Waals surface area contributed by atoms with E-state index in [1.807, 2.05) is 24.3 Å². The molecule has 8 heteroatoms. The summed E-state index contributed by atoms with van der Waals surface area (Å²) in [5, 5.41) is 5.69. The Bertz CT molecular complexity index is 1130. The molecule has 33 heavy (non-hydrogen) atoms. The van der Waals surface area contributed by atoms with Crippen LogP contribution in [0.2, 0.25) is 5.02 Å². The molecule has 0 aliphatic rings. The minimum Gasteiger partial charge on any atom is -0.497 e. The third-order valence-electron chi connectivity index (χ3n) is 4.70. The van der Waals surface area contributed by atoms with E-state index < -0.39 is 18.5 Å². The van der Waals surface area contributed by atoms with E-state index in [1.165, 1.54) is 6.07 Å². The second-order valence-corrected chi connectivity index (χ2v) is 7.45. The fraction of sp³-hybridized carbons (Fsp3) is 0.160. The summed E-state index contributed by atoms with van der Waals surface area (Å²) in [7, 11) is 1.59. The second-order valence-electron chi connectivity index (χ2n) is 7.05. The average Bonchev–Trinajstić information content (AvgIpc) is 2.83. The number of benzene rings is 3. The zero-order chi connectivity index (χ0) is 23.6. The van der Waals surface area contributed by atoms with Crippen molar-refractivity contribution in [3.8, 4) is 5.75 Å². The summed E-state index contributed by atoms with van der Waals surface area (Å²) in [4.78, 5) is 37.0. The molecule has 0 aromatic heterocycles. The monoisotopic (exact) mass is 466 g/mol. The number of methoxy groups -OCH3 is 1. The molecule has 7 nitrogen and oxygen atoms in total. The van der Waals surface area contributed by atoms with Gasteiger partial charge in [0.05, 0.1) is 29.1 Å². The molecule has 170 valence electrons. The maximum absolute atomic E-state index is 12.5. The number of nitrogens with one attached hydrogen (secondary N) is 2. The highest BCUT2D eigenvalue weighted by atomic mass is 35.5. The van der Waals surface area contributed by atoms with E-state index in [0.717, 1.165) is 11.3 Å². The maximum atomic E-state index is 12.5. The van der Waals surface area contributed by atoms with Gasteiger partial charge in [-0.25, -0.2) is 4.79 Å². The number of esters is 1. The molecular formula is C25H23ClN2O5. The van der Waals surface area contributed by atoms with Crippen LogP contribution in [0, 0.1) is 0 Å². The Labute approximate surface area is 196 Å². The third kappa shape index (κ3) is 7.08. The lowest BCUT2D eigenvalue weighted by molar-refractivity contribution is -0.119. The van der Waals surface area contributed by atoms with Crippen LogP contribution in [0.1, 0.15) is 22.3 Å². The van der Waals surface area contributed by atoms with Gasteiger partial charge in [0.15, 0.2) is 6.61 Å². The third-order valence-corrected chi connectivity index (χ3v) is 5.03. The molecule has 3 rings (SSSR count). The summed E-state index contributed by atoms with van der Waals surface area (Å²) in [5.74, 6) is -0.758. The summed E-state index contributed by atoms with van der Waals surface area (Å²) in [6.07, 6.45) is 0.764. The summed E-state index contributed by atoms with van der Waals surface area (Å²) >= 11 is 6.01. The topological polar surface area (TPSA) is 93.7 Å². The number of hydrogen-bond acceptors (Lipinski definition) is 5. The largest absolute Gasteiger partial charge is 0.497 e. The number of aryl methyl sites for hydroxylation is 1. The maximum Gasteiger partial charge on any atom is 0.340 e. The Morgan fingerprint density at radius 2 is 1.45 bits per heavy atom. The lowest BCUT2D eigenvalue weighted by atomic mass is 10.1.